The van der Waals surface area contributed by atoms with Crippen molar-refractivity contribution in [3.63, 3.8) is 0 Å². The standard InChI is InChI=1S/C12H15NO/c1-10(14)12(13(2)3)9-11-7-5-4-6-8-11/h4-9H,1-3H3/p+1/b12-9+. The van der Waals surface area contributed by atoms with Crippen LogP contribution >= 0.6 is 0 Å². The van der Waals surface area contributed by atoms with E-state index in [2.05, 4.69) is 0 Å². The van der Waals surface area contributed by atoms with Gasteiger partial charge in [0.15, 0.2) is 5.70 Å². The number of hydrogen-bond donors (Lipinski definition) is 1. The lowest BCUT2D eigenvalue weighted by Gasteiger charge is -2.07. The number of hydrogen-bond acceptors (Lipinski definition) is 1. The van der Waals surface area contributed by atoms with Gasteiger partial charge in [-0.15, -0.1) is 0 Å². The SMILES string of the molecule is CC(=O)/C(=C\c1ccccc1)[NH+](C)C. The lowest BCUT2D eigenvalue weighted by molar-refractivity contribution is -0.810. The summed E-state index contributed by atoms with van der Waals surface area (Å²) in [6.45, 7) is 1.60. The molecule has 0 aliphatic carbocycles. The maximum absolute atomic E-state index is 11.3. The number of allylic oxidation sites excluding steroid dienone is 1. The van der Waals surface area contributed by atoms with Crippen molar-refractivity contribution in [2.45, 2.75) is 6.92 Å². The van der Waals surface area contributed by atoms with E-state index in [4.69, 9.17) is 0 Å². The zero-order valence-corrected chi connectivity index (χ0v) is 8.87. The molecule has 0 bridgehead atoms. The first-order valence-electron chi connectivity index (χ1n) is 4.69. The zero-order chi connectivity index (χ0) is 10.6. The third kappa shape index (κ3) is 2.82. The van der Waals surface area contributed by atoms with Gasteiger partial charge in [0.1, 0.15) is 0 Å². The molecule has 74 valence electrons. The fourth-order valence-electron chi connectivity index (χ4n) is 1.31. The van der Waals surface area contributed by atoms with Gasteiger partial charge in [-0.05, 0) is 5.56 Å². The third-order valence-corrected chi connectivity index (χ3v) is 2.03. The molecule has 2 heteroatoms. The summed E-state index contributed by atoms with van der Waals surface area (Å²) in [5, 5.41) is 0. The predicted molar refractivity (Wildman–Crippen MR) is 57.9 cm³/mol. The highest BCUT2D eigenvalue weighted by Gasteiger charge is 2.10. The molecule has 0 fully saturated rings. The van der Waals surface area contributed by atoms with Crippen molar-refractivity contribution < 1.29 is 9.69 Å². The molecule has 1 aromatic rings. The lowest BCUT2D eigenvalue weighted by Crippen LogP contribution is -3.04. The Morgan fingerprint density at radius 1 is 1.21 bits per heavy atom. The zero-order valence-electron chi connectivity index (χ0n) is 8.87. The van der Waals surface area contributed by atoms with Crippen molar-refractivity contribution in [3.05, 3.63) is 41.6 Å². The molecular weight excluding hydrogens is 174 g/mol. The molecule has 1 rings (SSSR count). The largest absolute Gasteiger partial charge is 0.304 e. The molecule has 0 atom stereocenters. The van der Waals surface area contributed by atoms with E-state index in [1.807, 2.05) is 50.5 Å². The molecule has 1 aromatic carbocycles. The van der Waals surface area contributed by atoms with Gasteiger partial charge < -0.3 is 4.90 Å². The number of ketones is 1. The second-order valence-electron chi connectivity index (χ2n) is 3.52. The first-order valence-corrected chi connectivity index (χ1v) is 4.69. The van der Waals surface area contributed by atoms with Crippen molar-refractivity contribution in [1.82, 2.24) is 0 Å². The van der Waals surface area contributed by atoms with Crippen LogP contribution in [0.2, 0.25) is 0 Å². The minimum Gasteiger partial charge on any atom is -0.304 e. The highest BCUT2D eigenvalue weighted by Crippen LogP contribution is 2.03. The van der Waals surface area contributed by atoms with E-state index < -0.39 is 0 Å². The Balaban J connectivity index is 3.00. The summed E-state index contributed by atoms with van der Waals surface area (Å²) >= 11 is 0. The van der Waals surface area contributed by atoms with Crippen molar-refractivity contribution in [2.24, 2.45) is 0 Å². The normalized spacial score (nSPS) is 11.9. The lowest BCUT2D eigenvalue weighted by atomic mass is 10.1. The molecule has 0 unspecified atom stereocenters. The summed E-state index contributed by atoms with van der Waals surface area (Å²) < 4.78 is 0. The smallest absolute Gasteiger partial charge is 0.212 e. The summed E-state index contributed by atoms with van der Waals surface area (Å²) in [5.41, 5.74) is 1.87. The van der Waals surface area contributed by atoms with E-state index >= 15 is 0 Å². The minimum atomic E-state index is 0.119. The van der Waals surface area contributed by atoms with Gasteiger partial charge in [-0.2, -0.15) is 0 Å². The number of quaternary nitrogens is 1. The first-order chi connectivity index (χ1) is 6.61. The van der Waals surface area contributed by atoms with Crippen LogP contribution in [0.25, 0.3) is 6.08 Å². The number of benzene rings is 1. The number of carbonyl (C=O) groups is 1. The fraction of sp³-hybridized carbons (Fsp3) is 0.250. The summed E-state index contributed by atoms with van der Waals surface area (Å²) in [4.78, 5) is 12.4. The number of likely N-dealkylation sites (N-methyl/N-ethyl adjacent to an activating group) is 1. The molecule has 0 aliphatic heterocycles. The summed E-state index contributed by atoms with van der Waals surface area (Å²) in [6, 6.07) is 9.88. The Bertz CT molecular complexity index is 339. The number of nitrogens with one attached hydrogen (secondary N) is 1. The third-order valence-electron chi connectivity index (χ3n) is 2.03. The second kappa shape index (κ2) is 4.72. The molecule has 2 nitrogen and oxygen atoms in total. The van der Waals surface area contributed by atoms with Gasteiger partial charge in [0.2, 0.25) is 5.78 Å². The van der Waals surface area contributed by atoms with Crippen LogP contribution in [-0.2, 0) is 4.79 Å². The van der Waals surface area contributed by atoms with Crippen LogP contribution in [-0.4, -0.2) is 19.9 Å². The van der Waals surface area contributed by atoms with E-state index in [9.17, 15) is 4.79 Å². The number of rotatable bonds is 3. The molecular formula is C12H16NO+. The number of Topliss-reactive ketones (excluding diaryl/α,β-unsaturated/α-hetero) is 1. The quantitative estimate of drug-likeness (QED) is 0.698. The molecule has 0 amide bonds. The van der Waals surface area contributed by atoms with E-state index in [-0.39, 0.29) is 5.78 Å². The van der Waals surface area contributed by atoms with E-state index in [0.29, 0.717) is 0 Å². The maximum atomic E-state index is 11.3. The van der Waals surface area contributed by atoms with Crippen LogP contribution in [0.3, 0.4) is 0 Å². The Labute approximate surface area is 84.9 Å². The van der Waals surface area contributed by atoms with Crippen LogP contribution in [0.5, 0.6) is 0 Å². The monoisotopic (exact) mass is 190 g/mol. The molecule has 1 N–H and O–H groups in total. The molecule has 0 heterocycles. The van der Waals surface area contributed by atoms with Crippen molar-refractivity contribution in [3.8, 4) is 0 Å². The van der Waals surface area contributed by atoms with Gasteiger partial charge in [0.05, 0.1) is 14.1 Å². The van der Waals surface area contributed by atoms with Crippen molar-refractivity contribution in [2.75, 3.05) is 14.1 Å². The summed E-state index contributed by atoms with van der Waals surface area (Å²) in [6.07, 6.45) is 1.93. The van der Waals surface area contributed by atoms with Gasteiger partial charge >= 0.3 is 0 Å². The maximum Gasteiger partial charge on any atom is 0.212 e. The Morgan fingerprint density at radius 2 is 1.79 bits per heavy atom. The van der Waals surface area contributed by atoms with Gasteiger partial charge in [0.25, 0.3) is 0 Å². The Kier molecular flexibility index (Phi) is 3.60. The van der Waals surface area contributed by atoms with Crippen LogP contribution in [0, 0.1) is 0 Å². The summed E-state index contributed by atoms with van der Waals surface area (Å²) in [7, 11) is 3.91. The van der Waals surface area contributed by atoms with Gasteiger partial charge in [0, 0.05) is 13.0 Å². The summed E-state index contributed by atoms with van der Waals surface area (Å²) in [5.74, 6) is 0.119. The number of carbonyl (C=O) groups excluding carboxylic acids is 1. The molecule has 0 spiro atoms. The van der Waals surface area contributed by atoms with Crippen molar-refractivity contribution in [1.29, 1.82) is 0 Å². The Hall–Kier alpha value is -1.41. The van der Waals surface area contributed by atoms with Crippen LogP contribution in [0.4, 0.5) is 0 Å². The average molecular weight is 190 g/mol. The predicted octanol–water partition coefficient (Wildman–Crippen LogP) is 0.761. The Morgan fingerprint density at radius 3 is 2.21 bits per heavy atom. The molecule has 0 radical (unpaired) electrons. The van der Waals surface area contributed by atoms with Gasteiger partial charge in [-0.1, -0.05) is 30.3 Å². The minimum absolute atomic E-state index is 0.119. The molecule has 0 saturated carbocycles. The molecule has 0 aromatic heterocycles. The average Bonchev–Trinajstić information content (AvgIpc) is 2.15. The highest BCUT2D eigenvalue weighted by molar-refractivity contribution is 5.94. The highest BCUT2D eigenvalue weighted by atomic mass is 16.1. The van der Waals surface area contributed by atoms with Crippen LogP contribution in [0.1, 0.15) is 12.5 Å². The topological polar surface area (TPSA) is 21.5 Å². The van der Waals surface area contributed by atoms with E-state index in [1.54, 1.807) is 6.92 Å². The molecule has 14 heavy (non-hydrogen) atoms. The van der Waals surface area contributed by atoms with Gasteiger partial charge in [-0.25, -0.2) is 0 Å². The fourth-order valence-corrected chi connectivity index (χ4v) is 1.31. The van der Waals surface area contributed by atoms with Crippen molar-refractivity contribution >= 4 is 11.9 Å². The second-order valence-corrected chi connectivity index (χ2v) is 3.52. The van der Waals surface area contributed by atoms with E-state index in [1.165, 1.54) is 0 Å². The first kappa shape index (κ1) is 10.7. The van der Waals surface area contributed by atoms with E-state index in [0.717, 1.165) is 16.2 Å². The molecule has 0 aliphatic rings. The molecule has 0 saturated heterocycles. The van der Waals surface area contributed by atoms with Gasteiger partial charge in [-0.3, -0.25) is 4.79 Å². The van der Waals surface area contributed by atoms with Crippen LogP contribution in [0.15, 0.2) is 36.0 Å². The van der Waals surface area contributed by atoms with Crippen LogP contribution < -0.4 is 4.90 Å².